The first kappa shape index (κ1) is 21.0. The van der Waals surface area contributed by atoms with E-state index < -0.39 is 29.9 Å². The molecule has 0 atom stereocenters. The maximum Gasteiger partial charge on any atom is 0.242 e. The predicted molar refractivity (Wildman–Crippen MR) is 99.1 cm³/mol. The Morgan fingerprint density at radius 3 is 2.19 bits per heavy atom. The zero-order valence-electron chi connectivity index (χ0n) is 13.4. The third kappa shape index (κ3) is 5.11. The molecule has 142 valence electrons. The molecular weight excluding hydrogens is 468 g/mol. The van der Waals surface area contributed by atoms with Gasteiger partial charge in [0.05, 0.1) is 14.7 Å². The fourth-order valence-corrected chi connectivity index (χ4v) is 5.32. The number of sulfone groups is 1. The van der Waals surface area contributed by atoms with Crippen molar-refractivity contribution in [2.45, 2.75) is 21.2 Å². The van der Waals surface area contributed by atoms with Gasteiger partial charge in [0, 0.05) is 17.3 Å². The first-order valence-electron chi connectivity index (χ1n) is 6.92. The summed E-state index contributed by atoms with van der Waals surface area (Å²) in [5, 5.41) is 5.05. The molecule has 0 spiro atoms. The fourth-order valence-electron chi connectivity index (χ4n) is 2.01. The van der Waals surface area contributed by atoms with Crippen molar-refractivity contribution in [2.24, 2.45) is 5.14 Å². The molecule has 0 aliphatic carbocycles. The zero-order valence-corrected chi connectivity index (χ0v) is 17.4. The molecular formula is C14H15BrN2O6S3. The van der Waals surface area contributed by atoms with Crippen molar-refractivity contribution < 1.29 is 25.3 Å². The van der Waals surface area contributed by atoms with Gasteiger partial charge in [-0.05, 0) is 51.8 Å². The maximum absolute atomic E-state index is 12.5. The van der Waals surface area contributed by atoms with Gasteiger partial charge in [0.25, 0.3) is 0 Å². The summed E-state index contributed by atoms with van der Waals surface area (Å²) in [5.41, 5.74) is 0.371. The highest BCUT2D eigenvalue weighted by Gasteiger charge is 2.20. The minimum absolute atomic E-state index is 0.141. The van der Waals surface area contributed by atoms with Gasteiger partial charge < -0.3 is 0 Å². The molecule has 0 aliphatic rings. The predicted octanol–water partition coefficient (Wildman–Crippen LogP) is 0.979. The standard InChI is InChI=1S/C14H15BrN2O6S3/c1-24(18,19)11-5-6-13(15)14(8-11)26(22,23)17-9-10-3-2-4-12(7-10)25(16,20)21/h2-8,17H,9H2,1H3,(H2,16,20,21). The molecule has 0 bridgehead atoms. The molecule has 0 aromatic heterocycles. The van der Waals surface area contributed by atoms with Crippen LogP contribution in [0.2, 0.25) is 0 Å². The first-order valence-corrected chi connectivity index (χ1v) is 12.6. The first-order chi connectivity index (χ1) is 11.8. The minimum Gasteiger partial charge on any atom is -0.225 e. The summed E-state index contributed by atoms with van der Waals surface area (Å²) in [5.74, 6) is 0. The Bertz CT molecular complexity index is 1160. The molecule has 3 N–H and O–H groups in total. The highest BCUT2D eigenvalue weighted by Crippen LogP contribution is 2.25. The largest absolute Gasteiger partial charge is 0.242 e. The summed E-state index contributed by atoms with van der Waals surface area (Å²) in [6.07, 6.45) is 0.971. The van der Waals surface area contributed by atoms with Crippen LogP contribution in [0.3, 0.4) is 0 Å². The highest BCUT2D eigenvalue weighted by molar-refractivity contribution is 9.10. The number of nitrogens with two attached hydrogens (primary N) is 1. The van der Waals surface area contributed by atoms with E-state index >= 15 is 0 Å². The topological polar surface area (TPSA) is 140 Å². The van der Waals surface area contributed by atoms with Crippen LogP contribution in [-0.4, -0.2) is 31.5 Å². The molecule has 0 saturated heterocycles. The van der Waals surface area contributed by atoms with E-state index in [9.17, 15) is 25.3 Å². The second-order valence-corrected chi connectivity index (χ2v) is 11.5. The summed E-state index contributed by atoms with van der Waals surface area (Å²) in [6.45, 7) is -0.207. The second-order valence-electron chi connectivity index (χ2n) is 5.38. The van der Waals surface area contributed by atoms with Gasteiger partial charge in [0.1, 0.15) is 0 Å². The van der Waals surface area contributed by atoms with Gasteiger partial charge in [-0.15, -0.1) is 0 Å². The van der Waals surface area contributed by atoms with Crippen molar-refractivity contribution in [3.63, 3.8) is 0 Å². The van der Waals surface area contributed by atoms with Crippen LogP contribution in [-0.2, 0) is 36.4 Å². The summed E-state index contributed by atoms with van der Waals surface area (Å²) in [6, 6.07) is 9.16. The summed E-state index contributed by atoms with van der Waals surface area (Å²) in [4.78, 5) is -0.533. The van der Waals surface area contributed by atoms with Crippen molar-refractivity contribution in [1.29, 1.82) is 0 Å². The van der Waals surface area contributed by atoms with Crippen LogP contribution >= 0.6 is 15.9 Å². The SMILES string of the molecule is CS(=O)(=O)c1ccc(Br)c(S(=O)(=O)NCc2cccc(S(N)(=O)=O)c2)c1. The Hall–Kier alpha value is -1.31. The number of nitrogens with one attached hydrogen (secondary N) is 1. The Kier molecular flexibility index (Phi) is 5.95. The van der Waals surface area contributed by atoms with Crippen molar-refractivity contribution >= 4 is 45.8 Å². The van der Waals surface area contributed by atoms with Crippen molar-refractivity contribution in [3.05, 3.63) is 52.5 Å². The van der Waals surface area contributed by atoms with E-state index in [-0.39, 0.29) is 25.7 Å². The van der Waals surface area contributed by atoms with E-state index in [2.05, 4.69) is 20.7 Å². The monoisotopic (exact) mass is 482 g/mol. The number of sulfonamides is 2. The van der Waals surface area contributed by atoms with E-state index in [0.29, 0.717) is 5.56 Å². The summed E-state index contributed by atoms with van der Waals surface area (Å²) in [7, 11) is -11.6. The van der Waals surface area contributed by atoms with Gasteiger partial charge in [-0.3, -0.25) is 0 Å². The Morgan fingerprint density at radius 2 is 1.62 bits per heavy atom. The van der Waals surface area contributed by atoms with Crippen LogP contribution in [0.5, 0.6) is 0 Å². The molecule has 2 aromatic rings. The minimum atomic E-state index is -4.06. The normalized spacial score (nSPS) is 12.9. The smallest absolute Gasteiger partial charge is 0.225 e. The van der Waals surface area contributed by atoms with Crippen LogP contribution in [0, 0.1) is 0 Å². The third-order valence-electron chi connectivity index (χ3n) is 3.31. The Morgan fingerprint density at radius 1 is 0.962 bits per heavy atom. The van der Waals surface area contributed by atoms with Crippen LogP contribution in [0.4, 0.5) is 0 Å². The average Bonchev–Trinajstić information content (AvgIpc) is 2.51. The van der Waals surface area contributed by atoms with Crippen LogP contribution in [0.1, 0.15) is 5.56 Å². The Labute approximate surface area is 160 Å². The van der Waals surface area contributed by atoms with E-state index in [1.54, 1.807) is 0 Å². The van der Waals surface area contributed by atoms with Gasteiger partial charge in [0.2, 0.25) is 20.0 Å². The molecule has 0 radical (unpaired) electrons. The molecule has 0 fully saturated rings. The molecule has 0 heterocycles. The number of rotatable bonds is 6. The van der Waals surface area contributed by atoms with E-state index in [1.165, 1.54) is 36.4 Å². The number of halogens is 1. The van der Waals surface area contributed by atoms with Crippen LogP contribution in [0.25, 0.3) is 0 Å². The van der Waals surface area contributed by atoms with Gasteiger partial charge in [0.15, 0.2) is 9.84 Å². The van der Waals surface area contributed by atoms with Gasteiger partial charge in [-0.25, -0.2) is 35.1 Å². The van der Waals surface area contributed by atoms with E-state index in [0.717, 1.165) is 12.3 Å². The average molecular weight is 483 g/mol. The van der Waals surface area contributed by atoms with Crippen molar-refractivity contribution in [3.8, 4) is 0 Å². The van der Waals surface area contributed by atoms with E-state index in [4.69, 9.17) is 5.14 Å². The van der Waals surface area contributed by atoms with Gasteiger partial charge in [-0.1, -0.05) is 12.1 Å². The quantitative estimate of drug-likeness (QED) is 0.628. The Balaban J connectivity index is 2.33. The van der Waals surface area contributed by atoms with Gasteiger partial charge >= 0.3 is 0 Å². The molecule has 2 rings (SSSR count). The number of hydrogen-bond acceptors (Lipinski definition) is 6. The highest BCUT2D eigenvalue weighted by atomic mass is 79.9. The molecule has 0 aliphatic heterocycles. The summed E-state index contributed by atoms with van der Waals surface area (Å²) >= 11 is 3.09. The molecule has 0 unspecified atom stereocenters. The van der Waals surface area contributed by atoms with Crippen LogP contribution in [0.15, 0.2) is 61.6 Å². The van der Waals surface area contributed by atoms with Gasteiger partial charge in [-0.2, -0.15) is 0 Å². The molecule has 2 aromatic carbocycles. The molecule has 12 heteroatoms. The molecule has 26 heavy (non-hydrogen) atoms. The molecule has 0 saturated carbocycles. The van der Waals surface area contributed by atoms with E-state index in [1.807, 2.05) is 0 Å². The lowest BCUT2D eigenvalue weighted by molar-refractivity contribution is 0.580. The summed E-state index contributed by atoms with van der Waals surface area (Å²) < 4.78 is 73.5. The molecule has 8 nitrogen and oxygen atoms in total. The fraction of sp³-hybridized carbons (Fsp3) is 0.143. The van der Waals surface area contributed by atoms with Crippen LogP contribution < -0.4 is 9.86 Å². The lowest BCUT2D eigenvalue weighted by atomic mass is 10.2. The third-order valence-corrected chi connectivity index (χ3v) is 7.73. The molecule has 0 amide bonds. The number of benzene rings is 2. The number of primary sulfonamides is 1. The van der Waals surface area contributed by atoms with Crippen molar-refractivity contribution in [1.82, 2.24) is 4.72 Å². The number of hydrogen-bond donors (Lipinski definition) is 2. The maximum atomic E-state index is 12.5. The van der Waals surface area contributed by atoms with Crippen molar-refractivity contribution in [2.75, 3.05) is 6.26 Å². The zero-order chi connectivity index (χ0) is 19.8. The lowest BCUT2D eigenvalue weighted by Gasteiger charge is -2.10. The second kappa shape index (κ2) is 7.37. The lowest BCUT2D eigenvalue weighted by Crippen LogP contribution is -2.24.